The van der Waals surface area contributed by atoms with Crippen molar-refractivity contribution < 1.29 is 28.3 Å². The molecular formula is C14H11FN2O5. The van der Waals surface area contributed by atoms with Gasteiger partial charge in [0.25, 0.3) is 5.91 Å². The minimum absolute atomic E-state index is 0.0937. The van der Waals surface area contributed by atoms with Gasteiger partial charge in [-0.15, -0.1) is 0 Å². The van der Waals surface area contributed by atoms with Crippen LogP contribution in [0.3, 0.4) is 0 Å². The Kier molecular flexibility index (Phi) is 4.52. The molecule has 2 rings (SSSR count). The van der Waals surface area contributed by atoms with E-state index in [1.54, 1.807) is 0 Å². The molecule has 0 aliphatic heterocycles. The Morgan fingerprint density at radius 2 is 1.82 bits per heavy atom. The maximum Gasteiger partial charge on any atom is 0.330 e. The van der Waals surface area contributed by atoms with Gasteiger partial charge >= 0.3 is 12.0 Å². The van der Waals surface area contributed by atoms with E-state index in [2.05, 4.69) is 5.32 Å². The Morgan fingerprint density at radius 3 is 2.36 bits per heavy atom. The van der Waals surface area contributed by atoms with E-state index in [0.29, 0.717) is 0 Å². The summed E-state index contributed by atoms with van der Waals surface area (Å²) in [7, 11) is 0. The number of carbonyl (C=O) groups is 3. The zero-order valence-corrected chi connectivity index (χ0v) is 11.1. The number of halogens is 1. The smallest absolute Gasteiger partial charge is 0.330 e. The van der Waals surface area contributed by atoms with E-state index in [1.807, 2.05) is 5.32 Å². The number of nitrogens with one attached hydrogen (secondary N) is 2. The Hall–Kier alpha value is -3.16. The number of amides is 3. The summed E-state index contributed by atoms with van der Waals surface area (Å²) < 4.78 is 17.6. The largest absolute Gasteiger partial charge is 0.479 e. The number of furan rings is 1. The first kappa shape index (κ1) is 15.2. The molecule has 22 heavy (non-hydrogen) atoms. The third-order valence-electron chi connectivity index (χ3n) is 2.70. The van der Waals surface area contributed by atoms with Crippen molar-refractivity contribution >= 4 is 17.9 Å². The fourth-order valence-corrected chi connectivity index (χ4v) is 1.68. The fourth-order valence-electron chi connectivity index (χ4n) is 1.68. The third-order valence-corrected chi connectivity index (χ3v) is 2.70. The zero-order valence-electron chi connectivity index (χ0n) is 11.1. The van der Waals surface area contributed by atoms with E-state index >= 15 is 0 Å². The number of urea groups is 1. The highest BCUT2D eigenvalue weighted by Gasteiger charge is 2.23. The second-order valence-electron chi connectivity index (χ2n) is 4.23. The highest BCUT2D eigenvalue weighted by Crippen LogP contribution is 2.14. The molecule has 1 heterocycles. The maximum absolute atomic E-state index is 12.8. The first-order chi connectivity index (χ1) is 10.5. The summed E-state index contributed by atoms with van der Waals surface area (Å²) in [6.07, 6.45) is 1.26. The molecule has 1 aromatic carbocycles. The van der Waals surface area contributed by atoms with Gasteiger partial charge < -0.3 is 14.8 Å². The first-order valence-corrected chi connectivity index (χ1v) is 6.11. The van der Waals surface area contributed by atoms with Crippen molar-refractivity contribution in [2.75, 3.05) is 0 Å². The van der Waals surface area contributed by atoms with Crippen LogP contribution >= 0.6 is 0 Å². The number of carbonyl (C=O) groups excluding carboxylic acids is 2. The molecule has 7 nitrogen and oxygen atoms in total. The second kappa shape index (κ2) is 6.53. The van der Waals surface area contributed by atoms with Gasteiger partial charge in [0.1, 0.15) is 5.82 Å². The van der Waals surface area contributed by atoms with E-state index in [4.69, 9.17) is 9.52 Å². The van der Waals surface area contributed by atoms with Gasteiger partial charge in [0.15, 0.2) is 11.8 Å². The van der Waals surface area contributed by atoms with E-state index in [0.717, 1.165) is 12.1 Å². The molecule has 3 N–H and O–H groups in total. The van der Waals surface area contributed by atoms with Gasteiger partial charge in [-0.25, -0.2) is 14.0 Å². The number of carboxylic acids is 1. The summed E-state index contributed by atoms with van der Waals surface area (Å²) in [5, 5.41) is 13.2. The molecule has 1 aromatic heterocycles. The molecule has 0 unspecified atom stereocenters. The maximum atomic E-state index is 12.8. The van der Waals surface area contributed by atoms with Crippen molar-refractivity contribution in [2.45, 2.75) is 6.04 Å². The summed E-state index contributed by atoms with van der Waals surface area (Å²) in [6.45, 7) is 0. The topological polar surface area (TPSA) is 109 Å². The van der Waals surface area contributed by atoms with Gasteiger partial charge in [-0.3, -0.25) is 10.1 Å². The van der Waals surface area contributed by atoms with E-state index in [1.165, 1.54) is 30.5 Å². The zero-order chi connectivity index (χ0) is 16.1. The number of benzene rings is 1. The molecule has 0 spiro atoms. The minimum Gasteiger partial charge on any atom is -0.479 e. The quantitative estimate of drug-likeness (QED) is 0.796. The van der Waals surface area contributed by atoms with Crippen LogP contribution < -0.4 is 10.6 Å². The third kappa shape index (κ3) is 3.69. The summed E-state index contributed by atoms with van der Waals surface area (Å²) in [6, 6.07) is 4.95. The van der Waals surface area contributed by atoms with Gasteiger partial charge in [-0.2, -0.15) is 0 Å². The number of hydrogen-bond donors (Lipinski definition) is 3. The summed E-state index contributed by atoms with van der Waals surface area (Å²) >= 11 is 0. The van der Waals surface area contributed by atoms with Gasteiger partial charge in [0, 0.05) is 0 Å². The number of imide groups is 1. The summed E-state index contributed by atoms with van der Waals surface area (Å²) in [5.74, 6) is -2.80. The molecule has 0 radical (unpaired) electrons. The molecule has 0 bridgehead atoms. The van der Waals surface area contributed by atoms with E-state index in [9.17, 15) is 18.8 Å². The van der Waals surface area contributed by atoms with Crippen LogP contribution in [0.25, 0.3) is 0 Å². The predicted octanol–water partition coefficient (Wildman–Crippen LogP) is 1.68. The van der Waals surface area contributed by atoms with Crippen molar-refractivity contribution in [3.63, 3.8) is 0 Å². The minimum atomic E-state index is -1.43. The Bertz CT molecular complexity index is 682. The highest BCUT2D eigenvalue weighted by molar-refractivity contribution is 6.03. The molecule has 3 amide bonds. The number of carboxylic acid groups (broad SMARTS) is 1. The number of hydrogen-bond acceptors (Lipinski definition) is 4. The predicted molar refractivity (Wildman–Crippen MR) is 71.5 cm³/mol. The standard InChI is InChI=1S/C14H11FN2O5/c15-9-5-3-8(4-6-9)11(13(19)20)16-14(21)17-12(18)10-2-1-7-22-10/h1-7,11H,(H,19,20)(H2,16,17,18,21)/t11-/m1/s1. The van der Waals surface area contributed by atoms with Crippen molar-refractivity contribution in [1.29, 1.82) is 0 Å². The molecular weight excluding hydrogens is 295 g/mol. The lowest BCUT2D eigenvalue weighted by Crippen LogP contribution is -2.43. The lowest BCUT2D eigenvalue weighted by Gasteiger charge is -2.14. The molecule has 0 fully saturated rings. The van der Waals surface area contributed by atoms with Crippen LogP contribution in [0.4, 0.5) is 9.18 Å². The van der Waals surface area contributed by atoms with Gasteiger partial charge in [0.05, 0.1) is 6.26 Å². The van der Waals surface area contributed by atoms with Gasteiger partial charge in [0.2, 0.25) is 0 Å². The SMILES string of the molecule is O=C(NC(=O)c1ccco1)N[C@@H](C(=O)O)c1ccc(F)cc1. The molecule has 1 atom stereocenters. The van der Waals surface area contributed by atoms with Crippen molar-refractivity contribution in [3.05, 3.63) is 59.8 Å². The van der Waals surface area contributed by atoms with Crippen molar-refractivity contribution in [1.82, 2.24) is 10.6 Å². The Balaban J connectivity index is 2.05. The van der Waals surface area contributed by atoms with Crippen LogP contribution in [-0.2, 0) is 4.79 Å². The van der Waals surface area contributed by atoms with Gasteiger partial charge in [-0.1, -0.05) is 12.1 Å². The molecule has 114 valence electrons. The van der Waals surface area contributed by atoms with E-state index in [-0.39, 0.29) is 11.3 Å². The average molecular weight is 306 g/mol. The number of aliphatic carboxylic acids is 1. The van der Waals surface area contributed by atoms with Crippen LogP contribution in [0, 0.1) is 5.82 Å². The summed E-state index contributed by atoms with van der Waals surface area (Å²) in [4.78, 5) is 34.5. The lowest BCUT2D eigenvalue weighted by atomic mass is 10.1. The van der Waals surface area contributed by atoms with Crippen LogP contribution in [0.15, 0.2) is 47.1 Å². The van der Waals surface area contributed by atoms with Crippen molar-refractivity contribution in [2.24, 2.45) is 0 Å². The van der Waals surface area contributed by atoms with Crippen molar-refractivity contribution in [3.8, 4) is 0 Å². The van der Waals surface area contributed by atoms with Gasteiger partial charge in [-0.05, 0) is 29.8 Å². The lowest BCUT2D eigenvalue weighted by molar-refractivity contribution is -0.139. The molecule has 0 aliphatic carbocycles. The molecule has 0 aliphatic rings. The molecule has 0 saturated heterocycles. The van der Waals surface area contributed by atoms with Crippen LogP contribution in [-0.4, -0.2) is 23.0 Å². The normalized spacial score (nSPS) is 11.5. The molecule has 8 heteroatoms. The fraction of sp³-hybridized carbons (Fsp3) is 0.0714. The van der Waals surface area contributed by atoms with Crippen LogP contribution in [0.1, 0.15) is 22.2 Å². The van der Waals surface area contributed by atoms with E-state index < -0.39 is 29.8 Å². The van der Waals surface area contributed by atoms with Crippen LogP contribution in [0.2, 0.25) is 0 Å². The van der Waals surface area contributed by atoms with Crippen LogP contribution in [0.5, 0.6) is 0 Å². The Morgan fingerprint density at radius 1 is 1.14 bits per heavy atom. The first-order valence-electron chi connectivity index (χ1n) is 6.11. The highest BCUT2D eigenvalue weighted by atomic mass is 19.1. The summed E-state index contributed by atoms with van der Waals surface area (Å²) in [5.41, 5.74) is 0.162. The molecule has 0 saturated carbocycles. The Labute approximate surface area is 123 Å². The molecule has 2 aromatic rings. The average Bonchev–Trinajstić information content (AvgIpc) is 3.00. The second-order valence-corrected chi connectivity index (χ2v) is 4.23. The number of rotatable bonds is 4. The monoisotopic (exact) mass is 306 g/mol.